The van der Waals surface area contributed by atoms with Gasteiger partial charge in [0, 0.05) is 26.7 Å². The summed E-state index contributed by atoms with van der Waals surface area (Å²) in [6.07, 6.45) is 4.77. The third-order valence-electron chi connectivity index (χ3n) is 6.22. The first-order valence-corrected chi connectivity index (χ1v) is 12.6. The fraction of sp³-hybridized carbons (Fsp3) is 0.333. The molecule has 2 aromatic carbocycles. The van der Waals surface area contributed by atoms with Crippen LogP contribution in [0, 0.1) is 28.5 Å². The maximum absolute atomic E-state index is 14.0. The first kappa shape index (κ1) is 23.7. The van der Waals surface area contributed by atoms with Crippen molar-refractivity contribution in [1.82, 2.24) is 0 Å². The van der Waals surface area contributed by atoms with Crippen molar-refractivity contribution in [2.24, 2.45) is 16.3 Å². The van der Waals surface area contributed by atoms with Crippen LogP contribution < -0.4 is 4.74 Å². The molecule has 6 heteroatoms. The normalized spacial score (nSPS) is 15.9. The molecule has 1 atom stereocenters. The number of nitrogens with zero attached hydrogens (tertiary/aromatic N) is 2. The lowest BCUT2D eigenvalue weighted by atomic mass is 9.72. The van der Waals surface area contributed by atoms with E-state index in [1.807, 2.05) is 18.2 Å². The predicted molar refractivity (Wildman–Crippen MR) is 136 cm³/mol. The minimum atomic E-state index is -0.291. The molecule has 1 aromatic heterocycles. The van der Waals surface area contributed by atoms with E-state index in [1.165, 1.54) is 16.5 Å². The van der Waals surface area contributed by atoms with E-state index in [1.54, 1.807) is 35.8 Å². The lowest BCUT2D eigenvalue weighted by Crippen LogP contribution is -2.26. The summed E-state index contributed by atoms with van der Waals surface area (Å²) < 4.78 is 20.8. The fourth-order valence-corrected chi connectivity index (χ4v) is 5.77. The Morgan fingerprint density at radius 2 is 2.06 bits per heavy atom. The zero-order valence-electron chi connectivity index (χ0n) is 19.0. The molecule has 0 bridgehead atoms. The molecule has 1 heterocycles. The van der Waals surface area contributed by atoms with Gasteiger partial charge in [0.2, 0.25) is 0 Å². The number of thiophene rings is 1. The lowest BCUT2D eigenvalue weighted by Gasteiger charge is -2.33. The van der Waals surface area contributed by atoms with Crippen LogP contribution in [0.4, 0.5) is 9.39 Å². The summed E-state index contributed by atoms with van der Waals surface area (Å²) in [7, 11) is 0. The van der Waals surface area contributed by atoms with Gasteiger partial charge in [0.25, 0.3) is 0 Å². The van der Waals surface area contributed by atoms with E-state index in [0.29, 0.717) is 22.8 Å². The molecule has 0 radical (unpaired) electrons. The Labute approximate surface area is 207 Å². The number of nitriles is 1. The van der Waals surface area contributed by atoms with Gasteiger partial charge < -0.3 is 4.74 Å². The quantitative estimate of drug-likeness (QED) is 0.317. The minimum absolute atomic E-state index is 0.125. The molecule has 33 heavy (non-hydrogen) atoms. The molecular weight excluding hydrogens is 499 g/mol. The van der Waals surface area contributed by atoms with Gasteiger partial charge in [-0.3, -0.25) is 0 Å². The van der Waals surface area contributed by atoms with Gasteiger partial charge in [-0.05, 0) is 60.4 Å². The van der Waals surface area contributed by atoms with Gasteiger partial charge in [0.05, 0.1) is 5.56 Å². The number of hydrogen-bond donors (Lipinski definition) is 0. The van der Waals surface area contributed by atoms with Gasteiger partial charge in [-0.25, -0.2) is 9.38 Å². The van der Waals surface area contributed by atoms with Crippen LogP contribution in [0.1, 0.15) is 54.3 Å². The maximum Gasteiger partial charge on any atom is 0.134 e. The van der Waals surface area contributed by atoms with E-state index in [9.17, 15) is 9.65 Å². The summed E-state index contributed by atoms with van der Waals surface area (Å²) >= 11 is 5.13. The fourth-order valence-electron chi connectivity index (χ4n) is 4.17. The average molecular weight is 525 g/mol. The summed E-state index contributed by atoms with van der Waals surface area (Å²) in [6.45, 7) is 6.99. The topological polar surface area (TPSA) is 45.4 Å². The van der Waals surface area contributed by atoms with Gasteiger partial charge >= 0.3 is 0 Å². The van der Waals surface area contributed by atoms with Crippen molar-refractivity contribution >= 4 is 38.5 Å². The van der Waals surface area contributed by atoms with E-state index in [4.69, 9.17) is 9.73 Å². The first-order chi connectivity index (χ1) is 15.8. The number of ether oxygens (including phenoxy) is 1. The molecule has 0 saturated carbocycles. The van der Waals surface area contributed by atoms with Crippen LogP contribution in [0.2, 0.25) is 0 Å². The van der Waals surface area contributed by atoms with E-state index in [2.05, 4.69) is 42.8 Å². The van der Waals surface area contributed by atoms with Gasteiger partial charge in [-0.15, -0.1) is 11.3 Å². The molecule has 1 aliphatic rings. The molecule has 4 rings (SSSR count). The molecule has 170 valence electrons. The average Bonchev–Trinajstić information content (AvgIpc) is 3.14. The number of aliphatic imine (C=N–C) groups is 1. The van der Waals surface area contributed by atoms with Crippen LogP contribution in [0.25, 0.3) is 0 Å². The largest absolute Gasteiger partial charge is 0.488 e. The molecule has 0 aliphatic heterocycles. The molecule has 0 saturated heterocycles. The predicted octanol–water partition coefficient (Wildman–Crippen LogP) is 8.00. The molecule has 3 nitrogen and oxygen atoms in total. The summed E-state index contributed by atoms with van der Waals surface area (Å²) in [5.74, 6) is 0.925. The Morgan fingerprint density at radius 1 is 1.27 bits per heavy atom. The van der Waals surface area contributed by atoms with Crippen molar-refractivity contribution in [2.45, 2.75) is 46.6 Å². The van der Waals surface area contributed by atoms with Crippen molar-refractivity contribution < 1.29 is 9.13 Å². The van der Waals surface area contributed by atoms with Crippen LogP contribution >= 0.6 is 27.3 Å². The molecule has 0 amide bonds. The van der Waals surface area contributed by atoms with Crippen molar-refractivity contribution in [3.8, 4) is 11.8 Å². The third kappa shape index (κ3) is 5.37. The Morgan fingerprint density at radius 3 is 2.79 bits per heavy atom. The lowest BCUT2D eigenvalue weighted by molar-refractivity contribution is 0.218. The Balaban J connectivity index is 1.60. The van der Waals surface area contributed by atoms with Crippen molar-refractivity contribution in [3.05, 3.63) is 79.9 Å². The summed E-state index contributed by atoms with van der Waals surface area (Å²) in [6, 6.07) is 14.6. The number of rotatable bonds is 5. The van der Waals surface area contributed by atoms with Crippen LogP contribution in [0.15, 0.2) is 51.9 Å². The first-order valence-electron chi connectivity index (χ1n) is 11.0. The van der Waals surface area contributed by atoms with Crippen molar-refractivity contribution in [1.29, 1.82) is 5.26 Å². The molecule has 0 unspecified atom stereocenters. The zero-order valence-corrected chi connectivity index (χ0v) is 21.4. The molecule has 1 aliphatic carbocycles. The van der Waals surface area contributed by atoms with Gasteiger partial charge in [-0.2, -0.15) is 5.26 Å². The van der Waals surface area contributed by atoms with Crippen LogP contribution in [-0.2, 0) is 19.4 Å². The van der Waals surface area contributed by atoms with Crippen LogP contribution in [0.3, 0.4) is 0 Å². The second-order valence-corrected chi connectivity index (χ2v) is 11.4. The van der Waals surface area contributed by atoms with Gasteiger partial charge in [-0.1, -0.05) is 54.9 Å². The highest BCUT2D eigenvalue weighted by Crippen LogP contribution is 2.45. The standard InChI is InChI=1S/C27H26BrFN2OS/c1-27(2,3)19-8-10-21-22(14-30)26(33-25(21)13-19)31-15-18-12-20(28)9-11-24(18)32-16-17-6-4-5-7-23(17)29/h4-7,9,11-12,15,19H,8,10,13,16H2,1-3H3/t19-/m0/s1. The van der Waals surface area contributed by atoms with Crippen LogP contribution in [-0.4, -0.2) is 6.21 Å². The molecule has 0 fully saturated rings. The monoisotopic (exact) mass is 524 g/mol. The van der Waals surface area contributed by atoms with Crippen LogP contribution in [0.5, 0.6) is 5.75 Å². The number of benzene rings is 2. The highest BCUT2D eigenvalue weighted by Gasteiger charge is 2.32. The third-order valence-corrected chi connectivity index (χ3v) is 7.87. The Hall–Kier alpha value is -2.49. The summed E-state index contributed by atoms with van der Waals surface area (Å²) in [5, 5.41) is 10.6. The second kappa shape index (κ2) is 9.79. The Kier molecular flexibility index (Phi) is 7.02. The minimum Gasteiger partial charge on any atom is -0.488 e. The van der Waals surface area contributed by atoms with Gasteiger partial charge in [0.1, 0.15) is 29.2 Å². The van der Waals surface area contributed by atoms with Gasteiger partial charge in [0.15, 0.2) is 0 Å². The van der Waals surface area contributed by atoms with E-state index in [-0.39, 0.29) is 17.8 Å². The molecule has 0 spiro atoms. The maximum atomic E-state index is 14.0. The summed E-state index contributed by atoms with van der Waals surface area (Å²) in [5.41, 5.74) is 3.37. The second-order valence-electron chi connectivity index (χ2n) is 9.42. The van der Waals surface area contributed by atoms with E-state index < -0.39 is 0 Å². The van der Waals surface area contributed by atoms with Crippen molar-refractivity contribution in [2.75, 3.05) is 0 Å². The van der Waals surface area contributed by atoms with Crippen molar-refractivity contribution in [3.63, 3.8) is 0 Å². The highest BCUT2D eigenvalue weighted by atomic mass is 79.9. The zero-order chi connectivity index (χ0) is 23.6. The summed E-state index contributed by atoms with van der Waals surface area (Å²) in [4.78, 5) is 6.00. The molecule has 3 aromatic rings. The molecular formula is C27H26BrFN2OS. The molecule has 0 N–H and O–H groups in total. The van der Waals surface area contributed by atoms with E-state index >= 15 is 0 Å². The number of halogens is 2. The van der Waals surface area contributed by atoms with E-state index in [0.717, 1.165) is 34.3 Å². The smallest absolute Gasteiger partial charge is 0.134 e. The SMILES string of the molecule is CC(C)(C)[C@H]1CCc2c(sc(N=Cc3cc(Br)ccc3OCc3ccccc3F)c2C#N)C1. The number of hydrogen-bond acceptors (Lipinski definition) is 4. The number of fused-ring (bicyclic) bond motifs is 1. The highest BCUT2D eigenvalue weighted by molar-refractivity contribution is 9.10. The Bertz CT molecular complexity index is 1240.